The van der Waals surface area contributed by atoms with Crippen molar-refractivity contribution >= 4 is 5.91 Å². The number of rotatable bonds is 6. The predicted molar refractivity (Wildman–Crippen MR) is 66.9 cm³/mol. The van der Waals surface area contributed by atoms with Crippen molar-refractivity contribution in [3.63, 3.8) is 0 Å². The molecule has 0 unspecified atom stereocenters. The van der Waals surface area contributed by atoms with Crippen LogP contribution in [0.25, 0.3) is 0 Å². The van der Waals surface area contributed by atoms with Gasteiger partial charge in [-0.1, -0.05) is 13.8 Å². The molecular formula is C13H20N2O2. The van der Waals surface area contributed by atoms with E-state index in [0.717, 1.165) is 6.54 Å². The molecule has 0 saturated carbocycles. The number of ether oxygens (including phenoxy) is 1. The van der Waals surface area contributed by atoms with Crippen molar-refractivity contribution in [2.75, 3.05) is 26.8 Å². The second-order valence-electron chi connectivity index (χ2n) is 4.38. The minimum Gasteiger partial charge on any atom is -0.383 e. The number of pyridine rings is 1. The van der Waals surface area contributed by atoms with Gasteiger partial charge < -0.3 is 9.64 Å². The first-order valence-electron chi connectivity index (χ1n) is 5.83. The predicted octanol–water partition coefficient (Wildman–Crippen LogP) is 1.83. The molecule has 1 aromatic rings. The first-order valence-corrected chi connectivity index (χ1v) is 5.83. The lowest BCUT2D eigenvalue weighted by molar-refractivity contribution is 0.0672. The fraction of sp³-hybridized carbons (Fsp3) is 0.538. The highest BCUT2D eigenvalue weighted by Gasteiger charge is 2.16. The molecule has 0 fully saturated rings. The van der Waals surface area contributed by atoms with Crippen molar-refractivity contribution in [1.29, 1.82) is 0 Å². The number of carbonyl (C=O) groups excluding carboxylic acids is 1. The van der Waals surface area contributed by atoms with Gasteiger partial charge in [-0.15, -0.1) is 0 Å². The number of hydrogen-bond acceptors (Lipinski definition) is 3. The lowest BCUT2D eigenvalue weighted by Gasteiger charge is -2.24. The summed E-state index contributed by atoms with van der Waals surface area (Å²) in [5.41, 5.74) is 0.629. The number of methoxy groups -OCH3 is 1. The standard InChI is InChI=1S/C13H20N2O2/c1-11(2)10-15(7-8-17-3)13(16)12-5-4-6-14-9-12/h4-6,9,11H,7-8,10H2,1-3H3. The summed E-state index contributed by atoms with van der Waals surface area (Å²) in [5.74, 6) is 0.455. The molecule has 0 bridgehead atoms. The largest absolute Gasteiger partial charge is 0.383 e. The highest BCUT2D eigenvalue weighted by molar-refractivity contribution is 5.93. The zero-order chi connectivity index (χ0) is 12.7. The molecule has 0 radical (unpaired) electrons. The van der Waals surface area contributed by atoms with Crippen LogP contribution in [-0.2, 0) is 4.74 Å². The Morgan fingerprint density at radius 2 is 2.29 bits per heavy atom. The minimum absolute atomic E-state index is 0.0175. The van der Waals surface area contributed by atoms with E-state index in [2.05, 4.69) is 18.8 Å². The molecule has 17 heavy (non-hydrogen) atoms. The van der Waals surface area contributed by atoms with Crippen molar-refractivity contribution in [2.24, 2.45) is 5.92 Å². The van der Waals surface area contributed by atoms with Crippen LogP contribution in [0.3, 0.4) is 0 Å². The van der Waals surface area contributed by atoms with Crippen LogP contribution in [0.5, 0.6) is 0 Å². The molecule has 0 aliphatic rings. The molecule has 0 N–H and O–H groups in total. The summed E-state index contributed by atoms with van der Waals surface area (Å²) in [5, 5.41) is 0. The summed E-state index contributed by atoms with van der Waals surface area (Å²) in [7, 11) is 1.64. The van der Waals surface area contributed by atoms with Crippen LogP contribution in [0.15, 0.2) is 24.5 Å². The highest BCUT2D eigenvalue weighted by atomic mass is 16.5. The van der Waals surface area contributed by atoms with Gasteiger partial charge in [-0.05, 0) is 18.1 Å². The van der Waals surface area contributed by atoms with Gasteiger partial charge in [-0.25, -0.2) is 0 Å². The maximum absolute atomic E-state index is 12.2. The van der Waals surface area contributed by atoms with E-state index in [1.54, 1.807) is 31.6 Å². The molecule has 0 aliphatic carbocycles. The second kappa shape index (κ2) is 7.01. The van der Waals surface area contributed by atoms with Crippen molar-refractivity contribution < 1.29 is 9.53 Å². The molecule has 0 aromatic carbocycles. The lowest BCUT2D eigenvalue weighted by Crippen LogP contribution is -2.36. The number of hydrogen-bond donors (Lipinski definition) is 0. The normalized spacial score (nSPS) is 10.6. The molecule has 1 rings (SSSR count). The zero-order valence-corrected chi connectivity index (χ0v) is 10.7. The Hall–Kier alpha value is -1.42. The third-order valence-electron chi connectivity index (χ3n) is 2.35. The maximum atomic E-state index is 12.2. The fourth-order valence-corrected chi connectivity index (χ4v) is 1.59. The molecule has 94 valence electrons. The van der Waals surface area contributed by atoms with Crippen LogP contribution in [0.2, 0.25) is 0 Å². The van der Waals surface area contributed by atoms with Gasteiger partial charge in [0.2, 0.25) is 0 Å². The van der Waals surface area contributed by atoms with Gasteiger partial charge >= 0.3 is 0 Å². The third-order valence-corrected chi connectivity index (χ3v) is 2.35. The van der Waals surface area contributed by atoms with E-state index in [0.29, 0.717) is 24.6 Å². The molecule has 0 spiro atoms. The Labute approximate surface area is 103 Å². The van der Waals surface area contributed by atoms with Crippen molar-refractivity contribution in [1.82, 2.24) is 9.88 Å². The second-order valence-corrected chi connectivity index (χ2v) is 4.38. The fourth-order valence-electron chi connectivity index (χ4n) is 1.59. The average molecular weight is 236 g/mol. The van der Waals surface area contributed by atoms with E-state index in [9.17, 15) is 4.79 Å². The lowest BCUT2D eigenvalue weighted by atomic mass is 10.2. The van der Waals surface area contributed by atoms with Crippen molar-refractivity contribution in [3.8, 4) is 0 Å². The number of amides is 1. The maximum Gasteiger partial charge on any atom is 0.255 e. The quantitative estimate of drug-likeness (QED) is 0.756. The average Bonchev–Trinajstić information content (AvgIpc) is 2.34. The Balaban J connectivity index is 2.71. The topological polar surface area (TPSA) is 42.4 Å². The molecule has 1 heterocycles. The van der Waals surface area contributed by atoms with Crippen LogP contribution in [0.4, 0.5) is 0 Å². The molecule has 1 amide bonds. The number of aromatic nitrogens is 1. The summed E-state index contributed by atoms with van der Waals surface area (Å²) < 4.78 is 5.03. The van der Waals surface area contributed by atoms with Crippen LogP contribution >= 0.6 is 0 Å². The van der Waals surface area contributed by atoms with E-state index >= 15 is 0 Å². The summed E-state index contributed by atoms with van der Waals surface area (Å²) >= 11 is 0. The van der Waals surface area contributed by atoms with Crippen LogP contribution in [0, 0.1) is 5.92 Å². The van der Waals surface area contributed by atoms with E-state index in [1.165, 1.54) is 0 Å². The molecule has 1 aromatic heterocycles. The zero-order valence-electron chi connectivity index (χ0n) is 10.7. The molecule has 0 saturated heterocycles. The van der Waals surface area contributed by atoms with E-state index in [-0.39, 0.29) is 5.91 Å². The van der Waals surface area contributed by atoms with Gasteiger partial charge in [-0.2, -0.15) is 0 Å². The Kier molecular flexibility index (Phi) is 5.63. The van der Waals surface area contributed by atoms with Crippen LogP contribution < -0.4 is 0 Å². The summed E-state index contributed by atoms with van der Waals surface area (Å²) in [6.45, 7) is 6.09. The van der Waals surface area contributed by atoms with Gasteiger partial charge in [-0.3, -0.25) is 9.78 Å². The first kappa shape index (κ1) is 13.6. The van der Waals surface area contributed by atoms with Crippen molar-refractivity contribution in [3.05, 3.63) is 30.1 Å². The monoisotopic (exact) mass is 236 g/mol. The van der Waals surface area contributed by atoms with Crippen LogP contribution in [0.1, 0.15) is 24.2 Å². The molecule has 4 heteroatoms. The Bertz CT molecular complexity index is 339. The van der Waals surface area contributed by atoms with Crippen LogP contribution in [-0.4, -0.2) is 42.6 Å². The van der Waals surface area contributed by atoms with Crippen molar-refractivity contribution in [2.45, 2.75) is 13.8 Å². The SMILES string of the molecule is COCCN(CC(C)C)C(=O)c1cccnc1. The highest BCUT2D eigenvalue weighted by Crippen LogP contribution is 2.06. The van der Waals surface area contributed by atoms with E-state index in [4.69, 9.17) is 4.74 Å². The van der Waals surface area contributed by atoms with Gasteiger partial charge in [0.15, 0.2) is 0 Å². The van der Waals surface area contributed by atoms with Gasteiger partial charge in [0.25, 0.3) is 5.91 Å². The Morgan fingerprint density at radius 1 is 1.53 bits per heavy atom. The van der Waals surface area contributed by atoms with Gasteiger partial charge in [0.05, 0.1) is 12.2 Å². The number of carbonyl (C=O) groups is 1. The molecular weight excluding hydrogens is 216 g/mol. The summed E-state index contributed by atoms with van der Waals surface area (Å²) in [6, 6.07) is 3.56. The smallest absolute Gasteiger partial charge is 0.255 e. The molecule has 4 nitrogen and oxygen atoms in total. The third kappa shape index (κ3) is 4.53. The molecule has 0 atom stereocenters. The summed E-state index contributed by atoms with van der Waals surface area (Å²) in [4.78, 5) is 18.0. The number of nitrogens with zero attached hydrogens (tertiary/aromatic N) is 2. The van der Waals surface area contributed by atoms with Gasteiger partial charge in [0.1, 0.15) is 0 Å². The van der Waals surface area contributed by atoms with E-state index in [1.807, 2.05) is 4.90 Å². The first-order chi connectivity index (χ1) is 8.15. The molecule has 0 aliphatic heterocycles. The minimum atomic E-state index is 0.0175. The summed E-state index contributed by atoms with van der Waals surface area (Å²) in [6.07, 6.45) is 3.27. The van der Waals surface area contributed by atoms with E-state index < -0.39 is 0 Å². The van der Waals surface area contributed by atoms with Gasteiger partial charge in [0, 0.05) is 32.6 Å². The Morgan fingerprint density at radius 3 is 2.82 bits per heavy atom.